The zero-order valence-electron chi connectivity index (χ0n) is 14.9. The van der Waals surface area contributed by atoms with E-state index in [2.05, 4.69) is 5.32 Å². The van der Waals surface area contributed by atoms with Gasteiger partial charge in [0.25, 0.3) is 11.6 Å². The lowest BCUT2D eigenvalue weighted by molar-refractivity contribution is -0.885. The van der Waals surface area contributed by atoms with Gasteiger partial charge in [0.15, 0.2) is 18.0 Å². The van der Waals surface area contributed by atoms with Gasteiger partial charge in [-0.3, -0.25) is 14.9 Å². The molecule has 0 heterocycles. The molecule has 0 aliphatic rings. The van der Waals surface area contributed by atoms with Crippen molar-refractivity contribution in [3.8, 4) is 11.5 Å². The van der Waals surface area contributed by atoms with Gasteiger partial charge in [0.2, 0.25) is 0 Å². The summed E-state index contributed by atoms with van der Waals surface area (Å²) >= 11 is 0. The number of methoxy groups -OCH3 is 2. The van der Waals surface area contributed by atoms with Crippen LogP contribution in [0.1, 0.15) is 5.56 Å². The van der Waals surface area contributed by atoms with Gasteiger partial charge in [0.05, 0.1) is 26.2 Å². The summed E-state index contributed by atoms with van der Waals surface area (Å²) in [5.41, 5.74) is 1.05. The van der Waals surface area contributed by atoms with Crippen molar-refractivity contribution in [2.24, 2.45) is 0 Å². The number of ether oxygens (including phenoxy) is 2. The molecule has 0 aromatic heterocycles. The second kappa shape index (κ2) is 8.82. The summed E-state index contributed by atoms with van der Waals surface area (Å²) in [6, 6.07) is 11.7. The van der Waals surface area contributed by atoms with E-state index in [0.717, 1.165) is 10.5 Å². The van der Waals surface area contributed by atoms with Crippen LogP contribution >= 0.6 is 0 Å². The summed E-state index contributed by atoms with van der Waals surface area (Å²) in [6.07, 6.45) is 0. The van der Waals surface area contributed by atoms with Crippen molar-refractivity contribution >= 4 is 17.3 Å². The average molecular weight is 360 g/mol. The zero-order chi connectivity index (χ0) is 19.1. The lowest BCUT2D eigenvalue weighted by Crippen LogP contribution is -3.08. The Balaban J connectivity index is 1.99. The molecule has 8 heteroatoms. The van der Waals surface area contributed by atoms with Crippen molar-refractivity contribution in [3.05, 3.63) is 58.1 Å². The van der Waals surface area contributed by atoms with Gasteiger partial charge in [0.1, 0.15) is 12.2 Å². The number of anilines is 1. The van der Waals surface area contributed by atoms with Crippen LogP contribution in [0.5, 0.6) is 11.5 Å². The predicted octanol–water partition coefficient (Wildman–Crippen LogP) is 1.27. The minimum atomic E-state index is -0.518. The van der Waals surface area contributed by atoms with Crippen molar-refractivity contribution in [1.29, 1.82) is 0 Å². The van der Waals surface area contributed by atoms with E-state index in [1.54, 1.807) is 26.4 Å². The molecular formula is C18H22N3O5+. The first-order valence-electron chi connectivity index (χ1n) is 8.00. The highest BCUT2D eigenvalue weighted by Crippen LogP contribution is 2.27. The molecule has 0 saturated heterocycles. The third kappa shape index (κ3) is 4.93. The lowest BCUT2D eigenvalue weighted by Gasteiger charge is -2.15. The number of nitro groups is 1. The Kier molecular flexibility index (Phi) is 6.51. The Hall–Kier alpha value is -3.13. The molecule has 2 rings (SSSR count). The molecule has 138 valence electrons. The molecule has 1 unspecified atom stereocenters. The number of benzene rings is 2. The Bertz CT molecular complexity index is 794. The van der Waals surface area contributed by atoms with Crippen molar-refractivity contribution < 1.29 is 24.1 Å². The molecule has 0 spiro atoms. The first-order valence-corrected chi connectivity index (χ1v) is 8.00. The van der Waals surface area contributed by atoms with Crippen LogP contribution in [-0.2, 0) is 11.3 Å². The van der Waals surface area contributed by atoms with Gasteiger partial charge in [-0.05, 0) is 24.3 Å². The van der Waals surface area contributed by atoms with E-state index in [4.69, 9.17) is 9.47 Å². The molecule has 0 bridgehead atoms. The molecule has 26 heavy (non-hydrogen) atoms. The molecule has 0 radical (unpaired) electrons. The number of nitro benzene ring substituents is 1. The van der Waals surface area contributed by atoms with Gasteiger partial charge in [-0.15, -0.1) is 0 Å². The number of rotatable bonds is 8. The van der Waals surface area contributed by atoms with Crippen LogP contribution < -0.4 is 19.7 Å². The minimum Gasteiger partial charge on any atom is -0.493 e. The van der Waals surface area contributed by atoms with Gasteiger partial charge in [-0.2, -0.15) is 0 Å². The van der Waals surface area contributed by atoms with Crippen LogP contribution in [0.25, 0.3) is 0 Å². The second-order valence-corrected chi connectivity index (χ2v) is 5.82. The third-order valence-electron chi connectivity index (χ3n) is 3.79. The molecule has 0 aliphatic carbocycles. The summed E-state index contributed by atoms with van der Waals surface area (Å²) in [5.74, 6) is 0.975. The molecule has 2 N–H and O–H groups in total. The van der Waals surface area contributed by atoms with Crippen molar-refractivity contribution in [2.45, 2.75) is 6.54 Å². The smallest absolute Gasteiger partial charge is 0.292 e. The maximum Gasteiger partial charge on any atom is 0.292 e. The normalized spacial score (nSPS) is 11.5. The quantitative estimate of drug-likeness (QED) is 0.546. The maximum absolute atomic E-state index is 12.2. The third-order valence-corrected chi connectivity index (χ3v) is 3.79. The molecule has 0 aliphatic heterocycles. The van der Waals surface area contributed by atoms with Gasteiger partial charge >= 0.3 is 0 Å². The molecule has 2 aromatic carbocycles. The van der Waals surface area contributed by atoms with E-state index in [1.165, 1.54) is 12.1 Å². The molecule has 0 fully saturated rings. The zero-order valence-corrected chi connectivity index (χ0v) is 14.9. The minimum absolute atomic E-state index is 0.126. The lowest BCUT2D eigenvalue weighted by atomic mass is 10.2. The van der Waals surface area contributed by atoms with Crippen LogP contribution in [0.4, 0.5) is 11.4 Å². The van der Waals surface area contributed by atoms with Crippen molar-refractivity contribution in [1.82, 2.24) is 0 Å². The Labute approximate surface area is 151 Å². The molecule has 2 aromatic rings. The number of likely N-dealkylation sites (N-methyl/N-ethyl adjacent to an activating group) is 1. The fraction of sp³-hybridized carbons (Fsp3) is 0.278. The number of nitrogens with zero attached hydrogens (tertiary/aromatic N) is 1. The largest absolute Gasteiger partial charge is 0.493 e. The highest BCUT2D eigenvalue weighted by molar-refractivity contribution is 5.93. The van der Waals surface area contributed by atoms with E-state index in [0.29, 0.717) is 18.0 Å². The number of amides is 1. The second-order valence-electron chi connectivity index (χ2n) is 5.82. The Morgan fingerprint density at radius 1 is 1.15 bits per heavy atom. The SMILES string of the molecule is COc1ccc(C[NH+](C)CC(=O)Nc2ccccc2[N+](=O)[O-])cc1OC. The fourth-order valence-corrected chi connectivity index (χ4v) is 2.61. The van der Waals surface area contributed by atoms with Gasteiger partial charge < -0.3 is 19.7 Å². The van der Waals surface area contributed by atoms with Crippen molar-refractivity contribution in [3.63, 3.8) is 0 Å². The number of nitrogens with one attached hydrogen (secondary N) is 2. The van der Waals surface area contributed by atoms with Gasteiger partial charge in [-0.1, -0.05) is 12.1 Å². The number of hydrogen-bond acceptors (Lipinski definition) is 5. The van der Waals surface area contributed by atoms with E-state index < -0.39 is 4.92 Å². The summed E-state index contributed by atoms with van der Waals surface area (Å²) in [7, 11) is 5.01. The molecule has 1 amide bonds. The van der Waals surface area contributed by atoms with E-state index >= 15 is 0 Å². The first-order chi connectivity index (χ1) is 12.4. The maximum atomic E-state index is 12.2. The number of quaternary nitrogens is 1. The average Bonchev–Trinajstić information content (AvgIpc) is 2.61. The molecule has 1 atom stereocenters. The molecule has 0 saturated carbocycles. The standard InChI is InChI=1S/C18H21N3O5/c1-20(11-13-8-9-16(25-2)17(10-13)26-3)12-18(22)19-14-6-4-5-7-15(14)21(23)24/h4-10H,11-12H2,1-3H3,(H,19,22)/p+1. The van der Waals surface area contributed by atoms with Crippen molar-refractivity contribution in [2.75, 3.05) is 33.1 Å². The summed E-state index contributed by atoms with van der Waals surface area (Å²) in [6.45, 7) is 0.755. The summed E-state index contributed by atoms with van der Waals surface area (Å²) in [5, 5.41) is 13.6. The molecular weight excluding hydrogens is 338 g/mol. The highest BCUT2D eigenvalue weighted by atomic mass is 16.6. The Morgan fingerprint density at radius 3 is 2.50 bits per heavy atom. The predicted molar refractivity (Wildman–Crippen MR) is 96.7 cm³/mol. The fourth-order valence-electron chi connectivity index (χ4n) is 2.61. The van der Waals surface area contributed by atoms with Gasteiger partial charge in [0, 0.05) is 11.6 Å². The van der Waals surface area contributed by atoms with E-state index in [9.17, 15) is 14.9 Å². The number of para-hydroxylation sites is 2. The topological polar surface area (TPSA) is 95.1 Å². The van der Waals surface area contributed by atoms with Crippen LogP contribution in [0.3, 0.4) is 0 Å². The number of carbonyl (C=O) groups excluding carboxylic acids is 1. The summed E-state index contributed by atoms with van der Waals surface area (Å²) < 4.78 is 10.5. The van der Waals surface area contributed by atoms with Gasteiger partial charge in [-0.25, -0.2) is 0 Å². The first kappa shape index (κ1) is 19.2. The van der Waals surface area contributed by atoms with Crippen LogP contribution in [0, 0.1) is 10.1 Å². The summed E-state index contributed by atoms with van der Waals surface area (Å²) in [4.78, 5) is 23.6. The highest BCUT2D eigenvalue weighted by Gasteiger charge is 2.17. The molecule has 8 nitrogen and oxygen atoms in total. The van der Waals surface area contributed by atoms with E-state index in [-0.39, 0.29) is 23.8 Å². The van der Waals surface area contributed by atoms with Crippen LogP contribution in [0.15, 0.2) is 42.5 Å². The monoisotopic (exact) mass is 360 g/mol. The number of carbonyl (C=O) groups is 1. The van der Waals surface area contributed by atoms with E-state index in [1.807, 2.05) is 25.2 Å². The van der Waals surface area contributed by atoms with Crippen LogP contribution in [-0.4, -0.2) is 38.6 Å². The Morgan fingerprint density at radius 2 is 1.85 bits per heavy atom. The van der Waals surface area contributed by atoms with Crippen LogP contribution in [0.2, 0.25) is 0 Å². The number of hydrogen-bond donors (Lipinski definition) is 2.